The maximum atomic E-state index is 14.4. The average molecular weight is 1010 g/mol. The molecule has 0 N–H and O–H groups in total. The molecule has 0 spiro atoms. The van der Waals surface area contributed by atoms with Gasteiger partial charge in [0.2, 0.25) is 0 Å². The number of alkyl halides is 12. The molecule has 4 rings (SSSR count). The van der Waals surface area contributed by atoms with Crippen LogP contribution in [0.1, 0.15) is 164 Å². The Morgan fingerprint density at radius 1 is 0.400 bits per heavy atom. The van der Waals surface area contributed by atoms with E-state index in [2.05, 4.69) is 26.8 Å². The van der Waals surface area contributed by atoms with E-state index < -0.39 is 54.3 Å². The lowest BCUT2D eigenvalue weighted by Gasteiger charge is -2.40. The van der Waals surface area contributed by atoms with Crippen molar-refractivity contribution in [3.8, 4) is 17.2 Å². The smallest absolute Gasteiger partial charge is 0.490 e. The van der Waals surface area contributed by atoms with Gasteiger partial charge in [0, 0.05) is 5.56 Å². The monoisotopic (exact) mass is 1010 g/mol. The van der Waals surface area contributed by atoms with Crippen LogP contribution < -0.4 is 14.0 Å². The molecular formula is C53H68BF12NO3. The van der Waals surface area contributed by atoms with Gasteiger partial charge in [-0.2, -0.15) is 83.0 Å². The highest BCUT2D eigenvalue weighted by Crippen LogP contribution is 2.37. The second kappa shape index (κ2) is 29.7. The van der Waals surface area contributed by atoms with Crippen molar-refractivity contribution in [2.24, 2.45) is 0 Å². The average Bonchev–Trinajstić information content (AvgIpc) is 3.30. The van der Waals surface area contributed by atoms with Crippen molar-refractivity contribution in [1.82, 2.24) is 0 Å². The molecule has 0 unspecified atom stereocenters. The summed E-state index contributed by atoms with van der Waals surface area (Å²) in [5.74, 6) is -0.261. The van der Waals surface area contributed by atoms with E-state index in [-0.39, 0.29) is 29.4 Å². The molecule has 0 saturated heterocycles. The summed E-state index contributed by atoms with van der Waals surface area (Å²) in [4.78, 5) is 0. The number of hydrogen-bond acceptors (Lipinski definition) is 3. The maximum absolute atomic E-state index is 14.4. The van der Waals surface area contributed by atoms with Crippen LogP contribution in [0.3, 0.4) is 0 Å². The van der Waals surface area contributed by atoms with Gasteiger partial charge in [0.1, 0.15) is 23.8 Å². The molecule has 0 aromatic heterocycles. The summed E-state index contributed by atoms with van der Waals surface area (Å²) in [5.41, 5.74) is -3.14. The van der Waals surface area contributed by atoms with Gasteiger partial charge >= 0.3 is 32.0 Å². The number of unbranched alkanes of at least 4 members (excludes halogenated alkanes) is 15. The summed E-state index contributed by atoms with van der Waals surface area (Å²) in [6, 6.07) is 17.4. The Kier molecular flexibility index (Phi) is 25.4. The van der Waals surface area contributed by atoms with Crippen molar-refractivity contribution < 1.29 is 71.1 Å². The normalized spacial score (nSPS) is 12.3. The third-order valence-electron chi connectivity index (χ3n) is 11.9. The molecule has 0 heterocycles. The van der Waals surface area contributed by atoms with Crippen LogP contribution >= 0.6 is 0 Å². The zero-order valence-corrected chi connectivity index (χ0v) is 40.5. The van der Waals surface area contributed by atoms with Gasteiger partial charge in [-0.05, 0) is 105 Å². The lowest BCUT2D eigenvalue weighted by molar-refractivity contribution is -0.941. The van der Waals surface area contributed by atoms with Crippen LogP contribution in [0.15, 0.2) is 91.0 Å². The second-order valence-corrected chi connectivity index (χ2v) is 17.8. The highest BCUT2D eigenvalue weighted by molar-refractivity contribution is 6.39. The molecule has 0 saturated carbocycles. The minimum absolute atomic E-state index is 0.00293. The molecule has 0 aliphatic rings. The zero-order valence-electron chi connectivity index (χ0n) is 40.5. The van der Waals surface area contributed by atoms with Crippen LogP contribution in [0.25, 0.3) is 0 Å². The standard InChI is InChI=1S/C46H64BF9NO3.C7H4F3/c1-4-7-10-13-16-19-32-57(33-20-17-14-11-8-5-2,34-21-18-15-12-9-6-3)36-37-35-40(46(54,55)56)26-31-43(37)60-47(58-41-27-22-38(23-28-41)44(48,49)50)59-42-29-24-39(25-30-42)45(51,52)53;8-7(9,10)6-4-2-1-3-5-6/h22-31,35H,4-21,32-34,36H2,1-3H3;2-5H/q+1;-1. The van der Waals surface area contributed by atoms with Crippen molar-refractivity contribution >= 4 is 7.32 Å². The number of benzene rings is 4. The predicted octanol–water partition coefficient (Wildman–Crippen LogP) is 18.2. The fraction of sp³-hybridized carbons (Fsp3) is 0.547. The minimum Gasteiger partial charge on any atom is -0.490 e. The van der Waals surface area contributed by atoms with Gasteiger partial charge in [0.25, 0.3) is 0 Å². The quantitative estimate of drug-likeness (QED) is 0.0178. The Hall–Kier alpha value is -4.54. The van der Waals surface area contributed by atoms with E-state index >= 15 is 0 Å². The van der Waals surface area contributed by atoms with Crippen LogP contribution in [-0.4, -0.2) is 31.4 Å². The third kappa shape index (κ3) is 22.7. The molecule has 0 amide bonds. The van der Waals surface area contributed by atoms with E-state index in [0.29, 0.717) is 4.48 Å². The summed E-state index contributed by atoms with van der Waals surface area (Å²) in [7, 11) is -1.81. The first-order valence-electron chi connectivity index (χ1n) is 24.5. The fourth-order valence-corrected chi connectivity index (χ4v) is 8.03. The van der Waals surface area contributed by atoms with Gasteiger partial charge in [-0.25, -0.2) is 0 Å². The lowest BCUT2D eigenvalue weighted by Crippen LogP contribution is -2.49. The van der Waals surface area contributed by atoms with E-state index in [4.69, 9.17) is 14.0 Å². The van der Waals surface area contributed by atoms with Crippen molar-refractivity contribution in [2.45, 2.75) is 168 Å². The highest BCUT2D eigenvalue weighted by Gasteiger charge is 2.38. The van der Waals surface area contributed by atoms with Gasteiger partial charge in [0.15, 0.2) is 0 Å². The molecule has 0 radical (unpaired) electrons. The molecular weight excluding hydrogens is 937 g/mol. The molecule has 0 aliphatic heterocycles. The molecule has 17 heteroatoms. The van der Waals surface area contributed by atoms with Crippen molar-refractivity contribution in [3.05, 3.63) is 125 Å². The number of rotatable bonds is 29. The Morgan fingerprint density at radius 2 is 0.729 bits per heavy atom. The van der Waals surface area contributed by atoms with Gasteiger partial charge in [0.05, 0.1) is 36.3 Å². The fourth-order valence-electron chi connectivity index (χ4n) is 8.03. The number of quaternary nitrogens is 1. The summed E-state index contributed by atoms with van der Waals surface area (Å²) in [5, 5.41) is 0. The van der Waals surface area contributed by atoms with E-state index in [0.717, 1.165) is 208 Å². The van der Waals surface area contributed by atoms with Gasteiger partial charge in [-0.3, -0.25) is 0 Å². The van der Waals surface area contributed by atoms with E-state index in [9.17, 15) is 52.7 Å². The molecule has 0 bridgehead atoms. The zero-order chi connectivity index (χ0) is 51.7. The van der Waals surface area contributed by atoms with E-state index in [1.165, 1.54) is 18.2 Å². The summed E-state index contributed by atoms with van der Waals surface area (Å²) in [6.45, 7) is 8.98. The first-order valence-corrected chi connectivity index (χ1v) is 24.5. The summed E-state index contributed by atoms with van der Waals surface area (Å²) >= 11 is 0. The first kappa shape index (κ1) is 59.8. The second-order valence-electron chi connectivity index (χ2n) is 17.8. The Labute approximate surface area is 406 Å². The molecule has 0 fully saturated rings. The van der Waals surface area contributed by atoms with Crippen molar-refractivity contribution in [1.29, 1.82) is 0 Å². The van der Waals surface area contributed by atoms with E-state index in [1.807, 2.05) is 0 Å². The molecule has 0 atom stereocenters. The largest absolute Gasteiger partial charge is 0.864 e. The molecule has 390 valence electrons. The topological polar surface area (TPSA) is 27.7 Å². The van der Waals surface area contributed by atoms with Gasteiger partial charge in [-0.1, -0.05) is 103 Å². The molecule has 4 nitrogen and oxygen atoms in total. The van der Waals surface area contributed by atoms with Crippen LogP contribution in [0, 0.1) is 6.07 Å². The lowest BCUT2D eigenvalue weighted by atomic mass is 10.0. The van der Waals surface area contributed by atoms with Gasteiger partial charge in [-0.15, -0.1) is 0 Å². The Morgan fingerprint density at radius 3 is 1.07 bits per heavy atom. The van der Waals surface area contributed by atoms with Crippen LogP contribution in [0.5, 0.6) is 17.2 Å². The number of nitrogens with zero attached hydrogens (tertiary/aromatic N) is 1. The molecule has 4 aromatic carbocycles. The molecule has 4 aromatic rings. The minimum atomic E-state index is -4.67. The van der Waals surface area contributed by atoms with Crippen LogP contribution in [0.4, 0.5) is 52.7 Å². The predicted molar refractivity (Wildman–Crippen MR) is 251 cm³/mol. The van der Waals surface area contributed by atoms with Gasteiger partial charge < -0.3 is 18.4 Å². The van der Waals surface area contributed by atoms with Crippen LogP contribution in [-0.2, 0) is 31.2 Å². The number of hydrogen-bond donors (Lipinski definition) is 0. The van der Waals surface area contributed by atoms with Crippen LogP contribution in [0.2, 0.25) is 0 Å². The maximum Gasteiger partial charge on any atom is 0.864 e. The van der Waals surface area contributed by atoms with Crippen molar-refractivity contribution in [3.63, 3.8) is 0 Å². The Balaban J connectivity index is 0.00000115. The van der Waals surface area contributed by atoms with E-state index in [1.54, 1.807) is 0 Å². The molecule has 0 aliphatic carbocycles. The third-order valence-corrected chi connectivity index (χ3v) is 11.9. The van der Waals surface area contributed by atoms with Crippen molar-refractivity contribution in [2.75, 3.05) is 19.6 Å². The number of halogens is 12. The highest BCUT2D eigenvalue weighted by atomic mass is 19.4. The summed E-state index contributed by atoms with van der Waals surface area (Å²) in [6.07, 6.45) is 0.904. The molecule has 70 heavy (non-hydrogen) atoms. The first-order chi connectivity index (χ1) is 33.1. The Bertz CT molecular complexity index is 1910. The SMILES string of the molecule is CCCCCCCC[N+](CCCCCCCC)(CCCCCCCC)Cc1cc(C(F)(F)F)ccc1OB(Oc1ccc(C(F)(F)F)cc1)Oc1ccc(C(F)(F)F)cc1.FC(F)(F)c1cc[c-]cc1. The summed E-state index contributed by atoms with van der Waals surface area (Å²) < 4.78 is 177.